The molecule has 0 saturated carbocycles. The Morgan fingerprint density at radius 3 is 2.79 bits per heavy atom. The zero-order chi connectivity index (χ0) is 13.2. The lowest BCUT2D eigenvalue weighted by atomic mass is 10.1. The summed E-state index contributed by atoms with van der Waals surface area (Å²) >= 11 is 0. The van der Waals surface area contributed by atoms with Crippen molar-refractivity contribution in [3.63, 3.8) is 0 Å². The second-order valence-corrected chi connectivity index (χ2v) is 4.44. The van der Waals surface area contributed by atoms with Gasteiger partial charge < -0.3 is 5.73 Å². The Labute approximate surface area is 110 Å². The minimum atomic E-state index is -0.278. The van der Waals surface area contributed by atoms with Gasteiger partial charge in [0.2, 0.25) is 0 Å². The molecule has 0 bridgehead atoms. The molecule has 19 heavy (non-hydrogen) atoms. The average Bonchev–Trinajstić information content (AvgIpc) is 2.83. The molecule has 0 aliphatic carbocycles. The van der Waals surface area contributed by atoms with Gasteiger partial charge >= 0.3 is 0 Å². The first-order valence-corrected chi connectivity index (χ1v) is 6.21. The van der Waals surface area contributed by atoms with Crippen LogP contribution in [0.3, 0.4) is 0 Å². The van der Waals surface area contributed by atoms with Crippen LogP contribution in [0.4, 0.5) is 4.39 Å². The van der Waals surface area contributed by atoms with E-state index >= 15 is 0 Å². The number of hydrogen-bond acceptors (Lipinski definition) is 2. The molecule has 2 N–H and O–H groups in total. The lowest BCUT2D eigenvalue weighted by Crippen LogP contribution is -2.05. The third-order valence-electron chi connectivity index (χ3n) is 3.15. The molecule has 0 fully saturated rings. The fourth-order valence-corrected chi connectivity index (χ4v) is 2.21. The van der Waals surface area contributed by atoms with E-state index in [1.54, 1.807) is 16.9 Å². The Morgan fingerprint density at radius 2 is 2.00 bits per heavy atom. The first-order valence-electron chi connectivity index (χ1n) is 6.21. The van der Waals surface area contributed by atoms with Crippen LogP contribution in [-0.2, 0) is 6.42 Å². The standard InChI is InChI=1S/C15H14FN3/c16-13-9-11(7-8-17)5-6-15(13)19-14-4-2-1-3-12(14)10-18-19/h1-6,9-10H,7-8,17H2. The molecule has 3 nitrogen and oxygen atoms in total. The van der Waals surface area contributed by atoms with Crippen molar-refractivity contribution in [2.75, 3.05) is 6.54 Å². The van der Waals surface area contributed by atoms with Crippen LogP contribution in [0.5, 0.6) is 0 Å². The van der Waals surface area contributed by atoms with E-state index in [1.807, 2.05) is 30.3 Å². The van der Waals surface area contributed by atoms with Crippen molar-refractivity contribution in [2.45, 2.75) is 6.42 Å². The number of aromatic nitrogens is 2. The molecule has 0 aliphatic heterocycles. The number of rotatable bonds is 3. The van der Waals surface area contributed by atoms with E-state index in [9.17, 15) is 4.39 Å². The highest BCUT2D eigenvalue weighted by atomic mass is 19.1. The normalized spacial score (nSPS) is 11.1. The highest BCUT2D eigenvalue weighted by Gasteiger charge is 2.09. The lowest BCUT2D eigenvalue weighted by molar-refractivity contribution is 0.611. The highest BCUT2D eigenvalue weighted by Crippen LogP contribution is 2.21. The lowest BCUT2D eigenvalue weighted by Gasteiger charge is -2.07. The number of nitrogens with zero attached hydrogens (tertiary/aromatic N) is 2. The molecule has 0 radical (unpaired) electrons. The zero-order valence-corrected chi connectivity index (χ0v) is 10.4. The van der Waals surface area contributed by atoms with Crippen LogP contribution in [-0.4, -0.2) is 16.3 Å². The van der Waals surface area contributed by atoms with Crippen LogP contribution in [0.15, 0.2) is 48.7 Å². The summed E-state index contributed by atoms with van der Waals surface area (Å²) in [6.07, 6.45) is 2.42. The zero-order valence-electron chi connectivity index (χ0n) is 10.4. The Bertz CT molecular complexity index is 718. The second kappa shape index (κ2) is 4.82. The van der Waals surface area contributed by atoms with Crippen LogP contribution in [0, 0.1) is 5.82 Å². The van der Waals surface area contributed by atoms with Crippen LogP contribution >= 0.6 is 0 Å². The van der Waals surface area contributed by atoms with Gasteiger partial charge in [-0.2, -0.15) is 5.10 Å². The summed E-state index contributed by atoms with van der Waals surface area (Å²) in [5, 5.41) is 5.25. The predicted molar refractivity (Wildman–Crippen MR) is 73.8 cm³/mol. The third kappa shape index (κ3) is 2.11. The third-order valence-corrected chi connectivity index (χ3v) is 3.15. The summed E-state index contributed by atoms with van der Waals surface area (Å²) < 4.78 is 15.8. The van der Waals surface area contributed by atoms with Crippen LogP contribution in [0.2, 0.25) is 0 Å². The van der Waals surface area contributed by atoms with Crippen molar-refractivity contribution in [3.05, 3.63) is 60.0 Å². The molecule has 0 amide bonds. The molecule has 3 rings (SSSR count). The Balaban J connectivity index is 2.11. The Morgan fingerprint density at radius 1 is 1.16 bits per heavy atom. The molecule has 0 spiro atoms. The molecule has 1 aromatic heterocycles. The summed E-state index contributed by atoms with van der Waals surface area (Å²) in [5.41, 5.74) is 7.74. The van der Waals surface area contributed by atoms with Gasteiger partial charge in [-0.25, -0.2) is 9.07 Å². The molecule has 0 atom stereocenters. The van der Waals surface area contributed by atoms with Gasteiger partial charge in [-0.3, -0.25) is 0 Å². The number of para-hydroxylation sites is 1. The summed E-state index contributed by atoms with van der Waals surface area (Å²) in [6.45, 7) is 0.517. The van der Waals surface area contributed by atoms with E-state index < -0.39 is 0 Å². The van der Waals surface area contributed by atoms with Crippen LogP contribution in [0.1, 0.15) is 5.56 Å². The number of benzene rings is 2. The van der Waals surface area contributed by atoms with Crippen molar-refractivity contribution >= 4 is 10.9 Å². The van der Waals surface area contributed by atoms with Crippen molar-refractivity contribution in [2.24, 2.45) is 5.73 Å². The molecular weight excluding hydrogens is 241 g/mol. The number of nitrogens with two attached hydrogens (primary N) is 1. The Hall–Kier alpha value is -2.20. The van der Waals surface area contributed by atoms with Crippen molar-refractivity contribution in [3.8, 4) is 5.69 Å². The maximum atomic E-state index is 14.2. The van der Waals surface area contributed by atoms with Gasteiger partial charge in [0.1, 0.15) is 11.5 Å². The fraction of sp³-hybridized carbons (Fsp3) is 0.133. The monoisotopic (exact) mass is 255 g/mol. The molecule has 0 unspecified atom stereocenters. The van der Waals surface area contributed by atoms with E-state index in [0.29, 0.717) is 18.7 Å². The summed E-state index contributed by atoms with van der Waals surface area (Å²) in [4.78, 5) is 0. The minimum absolute atomic E-state index is 0.278. The predicted octanol–water partition coefficient (Wildman–Crippen LogP) is 2.67. The smallest absolute Gasteiger partial charge is 0.149 e. The topological polar surface area (TPSA) is 43.8 Å². The molecule has 3 aromatic rings. The molecular formula is C15H14FN3. The minimum Gasteiger partial charge on any atom is -0.330 e. The van der Waals surface area contributed by atoms with Gasteiger partial charge in [-0.05, 0) is 36.7 Å². The van der Waals surface area contributed by atoms with Crippen molar-refractivity contribution < 1.29 is 4.39 Å². The highest BCUT2D eigenvalue weighted by molar-refractivity contribution is 5.80. The van der Waals surface area contributed by atoms with E-state index in [-0.39, 0.29) is 5.82 Å². The molecule has 4 heteroatoms. The van der Waals surface area contributed by atoms with Gasteiger partial charge in [0.05, 0.1) is 11.7 Å². The SMILES string of the molecule is NCCc1ccc(-n2ncc3ccccc32)c(F)c1. The van der Waals surface area contributed by atoms with E-state index in [2.05, 4.69) is 5.10 Å². The molecule has 1 heterocycles. The average molecular weight is 255 g/mol. The van der Waals surface area contributed by atoms with Gasteiger partial charge in [0, 0.05) is 5.39 Å². The maximum Gasteiger partial charge on any atom is 0.149 e. The molecule has 0 saturated heterocycles. The van der Waals surface area contributed by atoms with Crippen LogP contribution in [0.25, 0.3) is 16.6 Å². The fourth-order valence-electron chi connectivity index (χ4n) is 2.21. The summed E-state index contributed by atoms with van der Waals surface area (Å²) in [6, 6.07) is 12.9. The Kier molecular flexibility index (Phi) is 3.01. The number of hydrogen-bond donors (Lipinski definition) is 1. The van der Waals surface area contributed by atoms with E-state index in [0.717, 1.165) is 16.5 Å². The summed E-state index contributed by atoms with van der Waals surface area (Å²) in [5.74, 6) is -0.278. The number of halogens is 1. The molecule has 2 aromatic carbocycles. The van der Waals surface area contributed by atoms with E-state index in [1.165, 1.54) is 6.07 Å². The van der Waals surface area contributed by atoms with Gasteiger partial charge in [0.15, 0.2) is 0 Å². The summed E-state index contributed by atoms with van der Waals surface area (Å²) in [7, 11) is 0. The molecule has 96 valence electrons. The first kappa shape index (κ1) is 11.9. The van der Waals surface area contributed by atoms with Gasteiger partial charge in [-0.1, -0.05) is 24.3 Å². The van der Waals surface area contributed by atoms with Crippen LogP contribution < -0.4 is 5.73 Å². The number of fused-ring (bicyclic) bond motifs is 1. The largest absolute Gasteiger partial charge is 0.330 e. The maximum absolute atomic E-state index is 14.2. The van der Waals surface area contributed by atoms with Crippen molar-refractivity contribution in [1.82, 2.24) is 9.78 Å². The van der Waals surface area contributed by atoms with Gasteiger partial charge in [-0.15, -0.1) is 0 Å². The van der Waals surface area contributed by atoms with E-state index in [4.69, 9.17) is 5.73 Å². The molecule has 0 aliphatic rings. The first-order chi connectivity index (χ1) is 9.29. The van der Waals surface area contributed by atoms with Crippen molar-refractivity contribution in [1.29, 1.82) is 0 Å². The second-order valence-electron chi connectivity index (χ2n) is 4.44. The van der Waals surface area contributed by atoms with Gasteiger partial charge in [0.25, 0.3) is 0 Å². The quantitative estimate of drug-likeness (QED) is 0.782.